The second kappa shape index (κ2) is 27.2. The van der Waals surface area contributed by atoms with Gasteiger partial charge in [-0.25, -0.2) is 29.9 Å². The first-order chi connectivity index (χ1) is 56.5. The smallest absolute Gasteiger partial charge is 0.235 e. The number of furan rings is 3. The fourth-order valence-electron chi connectivity index (χ4n) is 16.5. The average molecular weight is 1460 g/mol. The number of fused-ring (bicyclic) bond motifs is 20. The van der Waals surface area contributed by atoms with Gasteiger partial charge in [-0.1, -0.05) is 291 Å². The molecular formula is C102H63N9O3. The Morgan fingerprint density at radius 2 is 0.509 bits per heavy atom. The molecule has 534 valence electrons. The Balaban J connectivity index is 0.000000104. The van der Waals surface area contributed by atoms with Gasteiger partial charge in [0.25, 0.3) is 0 Å². The zero-order valence-electron chi connectivity index (χ0n) is 61.1. The Hall–Kier alpha value is -15.7. The van der Waals surface area contributed by atoms with Crippen molar-refractivity contribution in [2.24, 2.45) is 0 Å². The third-order valence-electron chi connectivity index (χ3n) is 21.7. The van der Waals surface area contributed by atoms with Crippen LogP contribution in [0, 0.1) is 0 Å². The molecule has 9 heterocycles. The first kappa shape index (κ1) is 65.4. The lowest BCUT2D eigenvalue weighted by atomic mass is 10.1. The van der Waals surface area contributed by atoms with Gasteiger partial charge in [-0.15, -0.1) is 0 Å². The van der Waals surface area contributed by atoms with E-state index in [2.05, 4.69) is 250 Å². The fourth-order valence-corrected chi connectivity index (χ4v) is 16.5. The summed E-state index contributed by atoms with van der Waals surface area (Å²) < 4.78 is 25.5. The lowest BCUT2D eigenvalue weighted by Gasteiger charge is -2.12. The van der Waals surface area contributed by atoms with Crippen LogP contribution in [0.2, 0.25) is 0 Å². The van der Waals surface area contributed by atoms with E-state index in [9.17, 15) is 0 Å². The SMILES string of the molecule is c1ccc(-c2cc(-c3ccccc3)nc(-n3c4ccccc4c4c5oc6ccccc6c5ccc43)n2)cc1.c1ccc(-c2cc(-c3ccccc3)nc(-n3c4ccccc4c4cc5c(cc43)oc3ccccc35)n2)cc1.c1ccc(-c2cc(-c3ccccc3)nc(-n3c4ccccc4c4ccc5oc6ccccc6c5c43)n2)cc1. The van der Waals surface area contributed by atoms with Crippen molar-refractivity contribution in [3.8, 4) is 85.4 Å². The number of para-hydroxylation sites is 6. The predicted molar refractivity (Wildman–Crippen MR) is 464 cm³/mol. The second-order valence-electron chi connectivity index (χ2n) is 28.4. The Morgan fingerprint density at radius 3 is 0.982 bits per heavy atom. The number of rotatable bonds is 9. The molecule has 0 saturated heterocycles. The zero-order valence-corrected chi connectivity index (χ0v) is 61.1. The van der Waals surface area contributed by atoms with Crippen LogP contribution >= 0.6 is 0 Å². The van der Waals surface area contributed by atoms with E-state index < -0.39 is 0 Å². The third-order valence-corrected chi connectivity index (χ3v) is 21.7. The van der Waals surface area contributed by atoms with E-state index in [1.807, 2.05) is 146 Å². The molecule has 15 aromatic carbocycles. The highest BCUT2D eigenvalue weighted by Crippen LogP contribution is 2.45. The molecule has 0 fully saturated rings. The number of aromatic nitrogens is 9. The maximum absolute atomic E-state index is 6.45. The predicted octanol–water partition coefficient (Wildman–Crippen LogP) is 26.4. The molecule has 0 N–H and O–H groups in total. The van der Waals surface area contributed by atoms with Crippen molar-refractivity contribution >= 4 is 131 Å². The maximum atomic E-state index is 6.45. The normalized spacial score (nSPS) is 11.7. The van der Waals surface area contributed by atoms with E-state index in [0.29, 0.717) is 17.8 Å². The van der Waals surface area contributed by atoms with Gasteiger partial charge in [0.15, 0.2) is 0 Å². The molecule has 114 heavy (non-hydrogen) atoms. The second-order valence-corrected chi connectivity index (χ2v) is 28.4. The molecule has 0 spiro atoms. The summed E-state index contributed by atoms with van der Waals surface area (Å²) in [5.74, 6) is 1.90. The lowest BCUT2D eigenvalue weighted by Crippen LogP contribution is -2.04. The van der Waals surface area contributed by atoms with Crippen LogP contribution in [0.3, 0.4) is 0 Å². The Bertz CT molecular complexity index is 7520. The van der Waals surface area contributed by atoms with Crippen molar-refractivity contribution in [3.05, 3.63) is 382 Å². The van der Waals surface area contributed by atoms with Crippen LogP contribution in [0.5, 0.6) is 0 Å². The van der Waals surface area contributed by atoms with Gasteiger partial charge in [0.1, 0.15) is 33.5 Å². The standard InChI is InChI=1S/3C34H21N3O/c1-3-11-22(12-4-1)27-21-28(23-13-5-2-6-14-23)36-34(35-27)37-29-17-9-7-16-26(29)32-30(37)20-19-25-24-15-8-10-18-31(24)38-33(25)32;1-3-11-22(12-4-1)28-20-29(23-13-5-2-6-14-23)36-34(35-28)37-30-17-9-7-15-24(30)26-19-27-25-16-8-10-18-32(25)38-33(27)21-31(26)37;1-3-11-22(12-4-1)27-21-28(23-13-5-2-6-14-23)36-34(35-27)37-29-17-9-7-15-24(29)25-19-20-31-32(33(25)37)26-16-8-10-18-30(26)38-31/h3*1-21H. The average Bonchev–Trinajstić information content (AvgIpc) is 1.55. The molecule has 24 rings (SSSR count). The first-order valence-corrected chi connectivity index (χ1v) is 38.1. The molecule has 0 aliphatic rings. The molecule has 0 aliphatic heterocycles. The van der Waals surface area contributed by atoms with Gasteiger partial charge in [0, 0.05) is 93.3 Å². The van der Waals surface area contributed by atoms with Crippen LogP contribution in [0.4, 0.5) is 0 Å². The van der Waals surface area contributed by atoms with Gasteiger partial charge in [0.05, 0.1) is 78.0 Å². The summed E-state index contributed by atoms with van der Waals surface area (Å²) in [6.07, 6.45) is 0. The molecule has 0 bridgehead atoms. The van der Waals surface area contributed by atoms with Gasteiger partial charge >= 0.3 is 0 Å². The largest absolute Gasteiger partial charge is 0.456 e. The highest BCUT2D eigenvalue weighted by atomic mass is 16.3. The summed E-state index contributed by atoms with van der Waals surface area (Å²) in [5, 5.41) is 13.4. The van der Waals surface area contributed by atoms with E-state index in [4.69, 9.17) is 43.2 Å². The number of hydrogen-bond acceptors (Lipinski definition) is 9. The molecule has 24 aromatic rings. The van der Waals surface area contributed by atoms with Crippen molar-refractivity contribution < 1.29 is 13.3 Å². The van der Waals surface area contributed by atoms with Crippen LogP contribution in [0.1, 0.15) is 0 Å². The minimum Gasteiger partial charge on any atom is -0.456 e. The molecule has 0 radical (unpaired) electrons. The number of hydrogen-bond donors (Lipinski definition) is 0. The van der Waals surface area contributed by atoms with E-state index >= 15 is 0 Å². The summed E-state index contributed by atoms with van der Waals surface area (Å²) in [6.45, 7) is 0. The number of benzene rings is 15. The minimum absolute atomic E-state index is 0.631. The van der Waals surface area contributed by atoms with E-state index in [1.165, 1.54) is 0 Å². The maximum Gasteiger partial charge on any atom is 0.235 e. The molecule has 0 amide bonds. The monoisotopic (exact) mass is 1460 g/mol. The Kier molecular flexibility index (Phi) is 15.6. The van der Waals surface area contributed by atoms with E-state index in [1.54, 1.807) is 0 Å². The fraction of sp³-hybridized carbons (Fsp3) is 0. The van der Waals surface area contributed by atoms with Crippen LogP contribution < -0.4 is 0 Å². The van der Waals surface area contributed by atoms with Crippen LogP contribution in [-0.4, -0.2) is 43.6 Å². The molecule has 0 aliphatic carbocycles. The molecule has 0 unspecified atom stereocenters. The first-order valence-electron chi connectivity index (χ1n) is 38.1. The summed E-state index contributed by atoms with van der Waals surface area (Å²) in [6, 6.07) is 131. The van der Waals surface area contributed by atoms with Crippen LogP contribution in [-0.2, 0) is 0 Å². The van der Waals surface area contributed by atoms with Crippen molar-refractivity contribution in [1.29, 1.82) is 0 Å². The third kappa shape index (κ3) is 11.1. The summed E-state index contributed by atoms with van der Waals surface area (Å²) in [7, 11) is 0. The van der Waals surface area contributed by atoms with Crippen molar-refractivity contribution in [2.75, 3.05) is 0 Å². The Morgan fingerprint density at radius 1 is 0.175 bits per heavy atom. The molecule has 0 atom stereocenters. The highest BCUT2D eigenvalue weighted by Gasteiger charge is 2.26. The summed E-state index contributed by atoms with van der Waals surface area (Å²) >= 11 is 0. The molecule has 12 heteroatoms. The quantitative estimate of drug-likeness (QED) is 0.139. The molecule has 12 nitrogen and oxygen atoms in total. The van der Waals surface area contributed by atoms with E-state index in [-0.39, 0.29) is 0 Å². The molecule has 0 saturated carbocycles. The number of nitrogens with zero attached hydrogens (tertiary/aromatic N) is 9. The van der Waals surface area contributed by atoms with E-state index in [0.717, 1.165) is 199 Å². The molecular weight excluding hydrogens is 1400 g/mol. The minimum atomic E-state index is 0.631. The van der Waals surface area contributed by atoms with Gasteiger partial charge < -0.3 is 13.3 Å². The molecule has 9 aromatic heterocycles. The van der Waals surface area contributed by atoms with Gasteiger partial charge in [-0.3, -0.25) is 13.7 Å². The Labute approximate surface area is 651 Å². The topological polar surface area (TPSA) is 132 Å². The summed E-state index contributed by atoms with van der Waals surface area (Å²) in [5.41, 5.74) is 23.1. The van der Waals surface area contributed by atoms with Crippen LogP contribution in [0.25, 0.3) is 217 Å². The lowest BCUT2D eigenvalue weighted by molar-refractivity contribution is 0.669. The van der Waals surface area contributed by atoms with Gasteiger partial charge in [0.2, 0.25) is 17.8 Å². The van der Waals surface area contributed by atoms with Crippen molar-refractivity contribution in [2.45, 2.75) is 0 Å². The van der Waals surface area contributed by atoms with Crippen molar-refractivity contribution in [3.63, 3.8) is 0 Å². The zero-order chi connectivity index (χ0) is 75.2. The van der Waals surface area contributed by atoms with Crippen LogP contribution in [0.15, 0.2) is 395 Å². The van der Waals surface area contributed by atoms with Gasteiger partial charge in [-0.2, -0.15) is 0 Å². The highest BCUT2D eigenvalue weighted by molar-refractivity contribution is 6.26. The van der Waals surface area contributed by atoms with Gasteiger partial charge in [-0.05, 0) is 84.9 Å². The van der Waals surface area contributed by atoms with Crippen molar-refractivity contribution in [1.82, 2.24) is 43.6 Å². The summed E-state index contributed by atoms with van der Waals surface area (Å²) in [4.78, 5) is 30.8.